The highest BCUT2D eigenvalue weighted by Crippen LogP contribution is 2.27. The zero-order chi connectivity index (χ0) is 19.0. The molecule has 2 heterocycles. The number of aliphatic hydroxyl groups excluding tert-OH is 1. The molecule has 0 aliphatic carbocycles. The van der Waals surface area contributed by atoms with Crippen LogP contribution in [0.5, 0.6) is 0 Å². The molecular formula is C21H18N2O3S. The van der Waals surface area contributed by atoms with Crippen molar-refractivity contribution < 1.29 is 13.5 Å². The van der Waals surface area contributed by atoms with Crippen LogP contribution in [0, 0.1) is 6.92 Å². The highest BCUT2D eigenvalue weighted by atomic mass is 32.2. The Morgan fingerprint density at radius 1 is 1.00 bits per heavy atom. The lowest BCUT2D eigenvalue weighted by atomic mass is 10.1. The number of hydrogen-bond acceptors (Lipinski definition) is 4. The zero-order valence-corrected chi connectivity index (χ0v) is 15.5. The van der Waals surface area contributed by atoms with Crippen molar-refractivity contribution in [2.45, 2.75) is 17.9 Å². The molecule has 4 rings (SSSR count). The molecule has 6 heteroatoms. The first-order valence-corrected chi connectivity index (χ1v) is 9.93. The van der Waals surface area contributed by atoms with Gasteiger partial charge in [-0.15, -0.1) is 0 Å². The van der Waals surface area contributed by atoms with E-state index in [0.717, 1.165) is 20.4 Å². The maximum atomic E-state index is 13.0. The molecule has 27 heavy (non-hydrogen) atoms. The summed E-state index contributed by atoms with van der Waals surface area (Å²) in [6.45, 7) is 1.90. The fourth-order valence-corrected chi connectivity index (χ4v) is 4.42. The minimum atomic E-state index is -3.80. The van der Waals surface area contributed by atoms with E-state index in [0.29, 0.717) is 5.56 Å². The van der Waals surface area contributed by atoms with Gasteiger partial charge in [0.1, 0.15) is 6.10 Å². The summed E-state index contributed by atoms with van der Waals surface area (Å²) in [5, 5.41) is 11.7. The minimum Gasteiger partial charge on any atom is -0.382 e. The molecule has 0 aliphatic rings. The normalized spacial score (nSPS) is 13.0. The van der Waals surface area contributed by atoms with Gasteiger partial charge in [-0.05, 0) is 43.3 Å². The third-order valence-electron chi connectivity index (χ3n) is 4.53. The van der Waals surface area contributed by atoms with Gasteiger partial charge in [-0.3, -0.25) is 4.98 Å². The van der Waals surface area contributed by atoms with Crippen molar-refractivity contribution in [3.05, 3.63) is 95.9 Å². The van der Waals surface area contributed by atoms with Crippen LogP contribution in [0.1, 0.15) is 22.9 Å². The van der Waals surface area contributed by atoms with E-state index in [-0.39, 0.29) is 10.6 Å². The number of aliphatic hydroxyl groups is 1. The summed E-state index contributed by atoms with van der Waals surface area (Å²) in [7, 11) is -3.80. The predicted octanol–water partition coefficient (Wildman–Crippen LogP) is 3.66. The minimum absolute atomic E-state index is 0.175. The van der Waals surface area contributed by atoms with Crippen LogP contribution in [0.15, 0.2) is 84.0 Å². The van der Waals surface area contributed by atoms with Crippen LogP contribution in [0.25, 0.3) is 10.9 Å². The standard InChI is InChI=1S/C21H18N2O3S/c1-15-8-10-18(11-9-15)27(25,26)23-12-4-7-20(23)21(24)17-13-16-5-2-3-6-19(16)22-14-17/h2-14,21,24H,1H3. The van der Waals surface area contributed by atoms with Crippen LogP contribution < -0.4 is 0 Å². The van der Waals surface area contributed by atoms with E-state index in [1.54, 1.807) is 42.6 Å². The van der Waals surface area contributed by atoms with Crippen LogP contribution >= 0.6 is 0 Å². The first-order chi connectivity index (χ1) is 13.0. The Bertz CT molecular complexity index is 1210. The number of nitrogens with zero attached hydrogens (tertiary/aromatic N) is 2. The summed E-state index contributed by atoms with van der Waals surface area (Å²) in [5.74, 6) is 0. The van der Waals surface area contributed by atoms with E-state index in [2.05, 4.69) is 4.98 Å². The Hall–Kier alpha value is -2.96. The number of aromatic nitrogens is 2. The van der Waals surface area contributed by atoms with Crippen molar-refractivity contribution in [3.8, 4) is 0 Å². The summed E-state index contributed by atoms with van der Waals surface area (Å²) in [4.78, 5) is 4.53. The lowest BCUT2D eigenvalue weighted by Gasteiger charge is -2.16. The number of fused-ring (bicyclic) bond motifs is 1. The smallest absolute Gasteiger partial charge is 0.267 e. The number of pyridine rings is 1. The van der Waals surface area contributed by atoms with Gasteiger partial charge in [0, 0.05) is 23.3 Å². The molecule has 0 spiro atoms. The van der Waals surface area contributed by atoms with Crippen molar-refractivity contribution in [2.24, 2.45) is 0 Å². The molecule has 2 aromatic heterocycles. The van der Waals surface area contributed by atoms with Crippen molar-refractivity contribution in [1.29, 1.82) is 0 Å². The van der Waals surface area contributed by atoms with Crippen molar-refractivity contribution in [2.75, 3.05) is 0 Å². The Labute approximate surface area is 157 Å². The monoisotopic (exact) mass is 378 g/mol. The summed E-state index contributed by atoms with van der Waals surface area (Å²) in [6, 6.07) is 19.2. The van der Waals surface area contributed by atoms with Gasteiger partial charge in [-0.25, -0.2) is 12.4 Å². The van der Waals surface area contributed by atoms with Gasteiger partial charge in [0.2, 0.25) is 0 Å². The van der Waals surface area contributed by atoms with E-state index in [9.17, 15) is 13.5 Å². The van der Waals surface area contributed by atoms with Crippen molar-refractivity contribution in [3.63, 3.8) is 0 Å². The molecule has 1 atom stereocenters. The lowest BCUT2D eigenvalue weighted by Crippen LogP contribution is -2.17. The second kappa shape index (κ2) is 6.64. The van der Waals surface area contributed by atoms with Gasteiger partial charge in [0.25, 0.3) is 10.0 Å². The molecule has 4 aromatic rings. The Morgan fingerprint density at radius 2 is 1.74 bits per heavy atom. The predicted molar refractivity (Wildman–Crippen MR) is 104 cm³/mol. The van der Waals surface area contributed by atoms with Crippen LogP contribution in [0.4, 0.5) is 0 Å². The van der Waals surface area contributed by atoms with E-state index in [1.165, 1.54) is 6.20 Å². The maximum Gasteiger partial charge on any atom is 0.267 e. The molecule has 0 radical (unpaired) electrons. The van der Waals surface area contributed by atoms with Gasteiger partial charge >= 0.3 is 0 Å². The largest absolute Gasteiger partial charge is 0.382 e. The molecule has 0 amide bonds. The van der Waals surface area contributed by atoms with Gasteiger partial charge in [-0.1, -0.05) is 35.9 Å². The molecule has 0 saturated carbocycles. The highest BCUT2D eigenvalue weighted by molar-refractivity contribution is 7.90. The fourth-order valence-electron chi connectivity index (χ4n) is 3.04. The molecule has 1 N–H and O–H groups in total. The molecule has 0 saturated heterocycles. The zero-order valence-electron chi connectivity index (χ0n) is 14.6. The molecule has 0 bridgehead atoms. The van der Waals surface area contributed by atoms with E-state index < -0.39 is 16.1 Å². The number of hydrogen-bond donors (Lipinski definition) is 1. The fraction of sp³-hybridized carbons (Fsp3) is 0.0952. The molecule has 1 unspecified atom stereocenters. The Kier molecular flexibility index (Phi) is 4.30. The SMILES string of the molecule is Cc1ccc(S(=O)(=O)n2cccc2C(O)c2cnc3ccccc3c2)cc1. The third kappa shape index (κ3) is 3.13. The molecule has 136 valence electrons. The van der Waals surface area contributed by atoms with Crippen LogP contribution in [0.3, 0.4) is 0 Å². The topological polar surface area (TPSA) is 72.2 Å². The third-order valence-corrected chi connectivity index (χ3v) is 6.25. The summed E-state index contributed by atoms with van der Waals surface area (Å²) >= 11 is 0. The molecular weight excluding hydrogens is 360 g/mol. The lowest BCUT2D eigenvalue weighted by molar-refractivity contribution is 0.214. The average Bonchev–Trinajstić information content (AvgIpc) is 3.18. The number of rotatable bonds is 4. The second-order valence-electron chi connectivity index (χ2n) is 6.41. The molecule has 2 aromatic carbocycles. The van der Waals surface area contributed by atoms with Crippen LogP contribution in [0.2, 0.25) is 0 Å². The molecule has 5 nitrogen and oxygen atoms in total. The van der Waals surface area contributed by atoms with Crippen molar-refractivity contribution >= 4 is 20.9 Å². The Balaban J connectivity index is 1.77. The summed E-state index contributed by atoms with van der Waals surface area (Å²) < 4.78 is 27.1. The Morgan fingerprint density at radius 3 is 2.52 bits per heavy atom. The van der Waals surface area contributed by atoms with Gasteiger partial charge in [0.15, 0.2) is 0 Å². The van der Waals surface area contributed by atoms with Gasteiger partial charge in [0.05, 0.1) is 16.1 Å². The highest BCUT2D eigenvalue weighted by Gasteiger charge is 2.24. The number of benzene rings is 2. The van der Waals surface area contributed by atoms with Gasteiger partial charge < -0.3 is 5.11 Å². The number of aryl methyl sites for hydroxylation is 1. The molecule has 0 aliphatic heterocycles. The summed E-state index contributed by atoms with van der Waals surface area (Å²) in [5.41, 5.74) is 2.60. The van der Waals surface area contributed by atoms with Crippen LogP contribution in [-0.2, 0) is 10.0 Å². The average molecular weight is 378 g/mol. The van der Waals surface area contributed by atoms with Crippen molar-refractivity contribution in [1.82, 2.24) is 8.96 Å². The van der Waals surface area contributed by atoms with E-state index in [4.69, 9.17) is 0 Å². The first-order valence-electron chi connectivity index (χ1n) is 8.49. The summed E-state index contributed by atoms with van der Waals surface area (Å²) in [6.07, 6.45) is 1.91. The molecule has 0 fully saturated rings. The maximum absolute atomic E-state index is 13.0. The van der Waals surface area contributed by atoms with E-state index >= 15 is 0 Å². The first kappa shape index (κ1) is 17.5. The van der Waals surface area contributed by atoms with E-state index in [1.807, 2.05) is 37.3 Å². The second-order valence-corrected chi connectivity index (χ2v) is 8.23. The quantitative estimate of drug-likeness (QED) is 0.588. The number of para-hydroxylation sites is 1. The van der Waals surface area contributed by atoms with Crippen LogP contribution in [-0.4, -0.2) is 22.5 Å². The van der Waals surface area contributed by atoms with Gasteiger partial charge in [-0.2, -0.15) is 0 Å².